The smallest absolute Gasteiger partial charge is 0.246 e. The first-order valence-electron chi connectivity index (χ1n) is 6.97. The van der Waals surface area contributed by atoms with Crippen molar-refractivity contribution in [1.29, 1.82) is 0 Å². The van der Waals surface area contributed by atoms with Crippen LogP contribution in [0.1, 0.15) is 18.0 Å². The van der Waals surface area contributed by atoms with E-state index in [2.05, 4.69) is 0 Å². The Bertz CT molecular complexity index is 766. The van der Waals surface area contributed by atoms with Gasteiger partial charge in [-0.3, -0.25) is 0 Å². The third-order valence-corrected chi connectivity index (χ3v) is 5.48. The van der Waals surface area contributed by atoms with Gasteiger partial charge in [0, 0.05) is 19.7 Å². The monoisotopic (exact) mass is 341 g/mol. The Morgan fingerprint density at radius 2 is 1.78 bits per heavy atom. The Labute approximate surface area is 134 Å². The molecule has 0 aliphatic heterocycles. The van der Waals surface area contributed by atoms with Crippen molar-refractivity contribution >= 4 is 10.0 Å². The first kappa shape index (κ1) is 17.5. The van der Waals surface area contributed by atoms with Gasteiger partial charge in [0.1, 0.15) is 16.5 Å². The summed E-state index contributed by atoms with van der Waals surface area (Å²) in [4.78, 5) is -0.597. The van der Waals surface area contributed by atoms with Crippen LogP contribution in [-0.2, 0) is 10.0 Å². The molecule has 0 aliphatic carbocycles. The summed E-state index contributed by atoms with van der Waals surface area (Å²) in [6.45, 7) is -0.231. The van der Waals surface area contributed by atoms with Gasteiger partial charge in [0.25, 0.3) is 0 Å². The number of aliphatic hydroxyl groups excluding tert-OH is 1. The molecule has 0 radical (unpaired) electrons. The molecule has 7 heteroatoms. The molecule has 1 atom stereocenters. The summed E-state index contributed by atoms with van der Waals surface area (Å²) < 4.78 is 53.1. The molecule has 0 saturated carbocycles. The van der Waals surface area contributed by atoms with Gasteiger partial charge in [0.2, 0.25) is 10.0 Å². The van der Waals surface area contributed by atoms with Crippen molar-refractivity contribution in [1.82, 2.24) is 4.31 Å². The summed E-state index contributed by atoms with van der Waals surface area (Å²) in [6, 6.07) is 10.4. The van der Waals surface area contributed by atoms with Crippen molar-refractivity contribution in [2.75, 3.05) is 13.7 Å². The van der Waals surface area contributed by atoms with Gasteiger partial charge in [-0.15, -0.1) is 0 Å². The second-order valence-electron chi connectivity index (χ2n) is 5.03. The van der Waals surface area contributed by atoms with E-state index in [1.165, 1.54) is 7.05 Å². The highest BCUT2D eigenvalue weighted by atomic mass is 32.2. The first-order valence-corrected chi connectivity index (χ1v) is 8.41. The van der Waals surface area contributed by atoms with Crippen LogP contribution >= 0.6 is 0 Å². The fourth-order valence-corrected chi connectivity index (χ4v) is 3.78. The SMILES string of the molecule is CN(C(CCO)c1ccccc1)S(=O)(=O)c1ccc(F)cc1F. The molecular formula is C16H17F2NO3S. The number of sulfonamides is 1. The van der Waals surface area contributed by atoms with Gasteiger partial charge in [-0.1, -0.05) is 30.3 Å². The van der Waals surface area contributed by atoms with Gasteiger partial charge < -0.3 is 5.11 Å². The fourth-order valence-electron chi connectivity index (χ4n) is 2.36. The summed E-state index contributed by atoms with van der Waals surface area (Å²) >= 11 is 0. The van der Waals surface area contributed by atoms with Crippen LogP contribution < -0.4 is 0 Å². The van der Waals surface area contributed by atoms with Gasteiger partial charge in [-0.2, -0.15) is 4.31 Å². The van der Waals surface area contributed by atoms with Gasteiger partial charge in [-0.25, -0.2) is 17.2 Å². The van der Waals surface area contributed by atoms with E-state index in [1.807, 2.05) is 0 Å². The lowest BCUT2D eigenvalue weighted by atomic mass is 10.0. The van der Waals surface area contributed by atoms with Crippen LogP contribution in [0, 0.1) is 11.6 Å². The van der Waals surface area contributed by atoms with E-state index in [0.29, 0.717) is 11.6 Å². The van der Waals surface area contributed by atoms with Crippen LogP contribution in [0.5, 0.6) is 0 Å². The summed E-state index contributed by atoms with van der Waals surface area (Å²) in [5.74, 6) is -1.99. The van der Waals surface area contributed by atoms with Crippen molar-refractivity contribution in [2.45, 2.75) is 17.4 Å². The van der Waals surface area contributed by atoms with E-state index >= 15 is 0 Å². The number of aliphatic hydroxyl groups is 1. The largest absolute Gasteiger partial charge is 0.396 e. The molecule has 2 rings (SSSR count). The van der Waals surface area contributed by atoms with Gasteiger partial charge in [-0.05, 0) is 24.1 Å². The standard InChI is InChI=1S/C16H17F2NO3S/c1-19(15(9-10-20)12-5-3-2-4-6-12)23(21,22)16-8-7-13(17)11-14(16)18/h2-8,11,15,20H,9-10H2,1H3. The van der Waals surface area contributed by atoms with Crippen molar-refractivity contribution in [3.8, 4) is 0 Å². The third-order valence-electron chi connectivity index (χ3n) is 3.58. The van der Waals surface area contributed by atoms with E-state index < -0.39 is 32.6 Å². The molecule has 23 heavy (non-hydrogen) atoms. The Kier molecular flexibility index (Phi) is 5.46. The molecule has 0 aliphatic rings. The summed E-state index contributed by atoms with van der Waals surface area (Å²) in [5.41, 5.74) is 0.676. The maximum absolute atomic E-state index is 13.9. The minimum absolute atomic E-state index is 0.155. The molecule has 124 valence electrons. The molecule has 0 aromatic heterocycles. The first-order chi connectivity index (χ1) is 10.9. The lowest BCUT2D eigenvalue weighted by Gasteiger charge is -2.27. The zero-order chi connectivity index (χ0) is 17.0. The average molecular weight is 341 g/mol. The zero-order valence-corrected chi connectivity index (χ0v) is 13.3. The minimum Gasteiger partial charge on any atom is -0.396 e. The van der Waals surface area contributed by atoms with Crippen molar-refractivity contribution in [3.63, 3.8) is 0 Å². The normalized spacial score (nSPS) is 13.3. The van der Waals surface area contributed by atoms with E-state index in [9.17, 15) is 22.3 Å². The Morgan fingerprint density at radius 1 is 1.13 bits per heavy atom. The van der Waals surface area contributed by atoms with Gasteiger partial charge >= 0.3 is 0 Å². The predicted octanol–water partition coefficient (Wildman–Crippen LogP) is 2.71. The van der Waals surface area contributed by atoms with Gasteiger partial charge in [0.05, 0.1) is 6.04 Å². The molecule has 0 saturated heterocycles. The fraction of sp³-hybridized carbons (Fsp3) is 0.250. The van der Waals surface area contributed by atoms with Crippen LogP contribution in [0.15, 0.2) is 53.4 Å². The lowest BCUT2D eigenvalue weighted by molar-refractivity contribution is 0.240. The summed E-state index contributed by atoms with van der Waals surface area (Å²) in [6.07, 6.45) is 0.155. The van der Waals surface area contributed by atoms with E-state index in [1.54, 1.807) is 30.3 Å². The summed E-state index contributed by atoms with van der Waals surface area (Å²) in [5, 5.41) is 9.23. The molecule has 2 aromatic rings. The van der Waals surface area contributed by atoms with Crippen LogP contribution in [-0.4, -0.2) is 31.5 Å². The quantitative estimate of drug-likeness (QED) is 0.879. The number of halogens is 2. The van der Waals surface area contributed by atoms with Crippen LogP contribution in [0.3, 0.4) is 0 Å². The second kappa shape index (κ2) is 7.16. The van der Waals surface area contributed by atoms with Crippen molar-refractivity contribution < 1.29 is 22.3 Å². The molecule has 1 N–H and O–H groups in total. The molecule has 0 amide bonds. The highest BCUT2D eigenvalue weighted by Gasteiger charge is 2.31. The zero-order valence-electron chi connectivity index (χ0n) is 12.5. The Hall–Kier alpha value is -1.83. The lowest BCUT2D eigenvalue weighted by Crippen LogP contribution is -2.32. The Balaban J connectivity index is 2.44. The number of hydrogen-bond acceptors (Lipinski definition) is 3. The molecule has 0 bridgehead atoms. The maximum Gasteiger partial charge on any atom is 0.246 e. The molecule has 2 aromatic carbocycles. The number of benzene rings is 2. The van der Waals surface area contributed by atoms with Crippen LogP contribution in [0.25, 0.3) is 0 Å². The van der Waals surface area contributed by atoms with Gasteiger partial charge in [0.15, 0.2) is 0 Å². The summed E-state index contributed by atoms with van der Waals surface area (Å²) in [7, 11) is -2.86. The highest BCUT2D eigenvalue weighted by molar-refractivity contribution is 7.89. The second-order valence-corrected chi connectivity index (χ2v) is 7.00. The predicted molar refractivity (Wildman–Crippen MR) is 82.2 cm³/mol. The van der Waals surface area contributed by atoms with E-state index in [0.717, 1.165) is 16.4 Å². The van der Waals surface area contributed by atoms with Crippen LogP contribution in [0.4, 0.5) is 8.78 Å². The third kappa shape index (κ3) is 3.74. The van der Waals surface area contributed by atoms with Crippen LogP contribution in [0.2, 0.25) is 0 Å². The molecule has 4 nitrogen and oxygen atoms in total. The van der Waals surface area contributed by atoms with E-state index in [-0.39, 0.29) is 13.0 Å². The molecule has 0 spiro atoms. The number of nitrogens with zero attached hydrogens (tertiary/aromatic N) is 1. The highest BCUT2D eigenvalue weighted by Crippen LogP contribution is 2.29. The van der Waals surface area contributed by atoms with Crippen molar-refractivity contribution in [3.05, 3.63) is 65.7 Å². The number of hydrogen-bond donors (Lipinski definition) is 1. The maximum atomic E-state index is 13.9. The minimum atomic E-state index is -4.18. The topological polar surface area (TPSA) is 57.6 Å². The van der Waals surface area contributed by atoms with Crippen molar-refractivity contribution in [2.24, 2.45) is 0 Å². The van der Waals surface area contributed by atoms with E-state index in [4.69, 9.17) is 0 Å². The molecule has 0 fully saturated rings. The number of rotatable bonds is 6. The molecule has 1 unspecified atom stereocenters. The molecule has 0 heterocycles. The Morgan fingerprint density at radius 3 is 2.35 bits per heavy atom. The average Bonchev–Trinajstić information content (AvgIpc) is 2.52. The molecular weight excluding hydrogens is 324 g/mol.